The van der Waals surface area contributed by atoms with Crippen molar-refractivity contribution in [2.24, 2.45) is 11.7 Å². The van der Waals surface area contributed by atoms with Gasteiger partial charge in [0, 0.05) is 6.61 Å². The minimum Gasteiger partial charge on any atom is -0.376 e. The van der Waals surface area contributed by atoms with Gasteiger partial charge in [-0.1, -0.05) is 25.3 Å². The number of benzene rings is 1. The van der Waals surface area contributed by atoms with Gasteiger partial charge in [-0.3, -0.25) is 0 Å². The van der Waals surface area contributed by atoms with E-state index >= 15 is 0 Å². The minimum atomic E-state index is -0.205. The summed E-state index contributed by atoms with van der Waals surface area (Å²) in [5.74, 6) is 0.326. The lowest BCUT2D eigenvalue weighted by molar-refractivity contribution is -0.00998. The van der Waals surface area contributed by atoms with E-state index in [1.165, 1.54) is 38.2 Å². The monoisotopic (exact) mass is 279 g/mol. The Kier molecular flexibility index (Phi) is 5.55. The molecule has 1 aliphatic rings. The average molecular weight is 279 g/mol. The van der Waals surface area contributed by atoms with Crippen LogP contribution in [-0.4, -0.2) is 12.7 Å². The number of hydrogen-bond acceptors (Lipinski definition) is 2. The summed E-state index contributed by atoms with van der Waals surface area (Å²) in [7, 11) is 0. The van der Waals surface area contributed by atoms with E-state index in [1.54, 1.807) is 6.07 Å². The number of rotatable bonds is 5. The first-order valence-electron chi connectivity index (χ1n) is 7.76. The summed E-state index contributed by atoms with van der Waals surface area (Å²) >= 11 is 0. The Morgan fingerprint density at radius 3 is 2.60 bits per heavy atom. The maximum atomic E-state index is 13.2. The second-order valence-electron chi connectivity index (χ2n) is 5.84. The first kappa shape index (κ1) is 15.5. The molecule has 0 saturated heterocycles. The number of hydrogen-bond donors (Lipinski definition) is 1. The molecule has 20 heavy (non-hydrogen) atoms. The fourth-order valence-corrected chi connectivity index (χ4v) is 3.38. The molecule has 1 fully saturated rings. The summed E-state index contributed by atoms with van der Waals surface area (Å²) in [5.41, 5.74) is 8.38. The third-order valence-electron chi connectivity index (χ3n) is 4.42. The first-order chi connectivity index (χ1) is 9.63. The van der Waals surface area contributed by atoms with Crippen LogP contribution < -0.4 is 5.73 Å². The van der Waals surface area contributed by atoms with Gasteiger partial charge in [0.15, 0.2) is 0 Å². The topological polar surface area (TPSA) is 35.2 Å². The number of nitrogens with two attached hydrogens (primary N) is 1. The van der Waals surface area contributed by atoms with Gasteiger partial charge in [0.2, 0.25) is 0 Å². The lowest BCUT2D eigenvalue weighted by atomic mass is 9.80. The highest BCUT2D eigenvalue weighted by Crippen LogP contribution is 2.34. The molecule has 3 heteroatoms. The minimum absolute atomic E-state index is 0.0458. The maximum Gasteiger partial charge on any atom is 0.123 e. The Morgan fingerprint density at radius 1 is 1.30 bits per heavy atom. The molecule has 0 aliphatic heterocycles. The quantitative estimate of drug-likeness (QED) is 0.880. The van der Waals surface area contributed by atoms with Crippen LogP contribution in [0.15, 0.2) is 18.2 Å². The zero-order valence-corrected chi connectivity index (χ0v) is 12.6. The lowest BCUT2D eigenvalue weighted by Crippen LogP contribution is -2.37. The molecule has 1 saturated carbocycles. The predicted molar refractivity (Wildman–Crippen MR) is 80.1 cm³/mol. The van der Waals surface area contributed by atoms with Crippen molar-refractivity contribution in [1.29, 1.82) is 0 Å². The maximum absolute atomic E-state index is 13.2. The Hall–Kier alpha value is -0.930. The van der Waals surface area contributed by atoms with Crippen molar-refractivity contribution in [3.05, 3.63) is 35.1 Å². The summed E-state index contributed by atoms with van der Waals surface area (Å²) in [5, 5.41) is 0. The van der Waals surface area contributed by atoms with Gasteiger partial charge in [-0.15, -0.1) is 0 Å². The van der Waals surface area contributed by atoms with E-state index < -0.39 is 0 Å². The van der Waals surface area contributed by atoms with Crippen LogP contribution in [0.1, 0.15) is 56.2 Å². The molecule has 0 heterocycles. The van der Waals surface area contributed by atoms with Crippen LogP contribution in [0, 0.1) is 18.7 Å². The van der Waals surface area contributed by atoms with Crippen LogP contribution >= 0.6 is 0 Å². The Morgan fingerprint density at radius 2 is 2.00 bits per heavy atom. The highest BCUT2D eigenvalue weighted by molar-refractivity contribution is 5.30. The van der Waals surface area contributed by atoms with E-state index in [4.69, 9.17) is 10.5 Å². The molecule has 0 bridgehead atoms. The smallest absolute Gasteiger partial charge is 0.123 e. The zero-order chi connectivity index (χ0) is 14.5. The van der Waals surface area contributed by atoms with Gasteiger partial charge in [-0.25, -0.2) is 4.39 Å². The number of halogens is 1. The highest BCUT2D eigenvalue weighted by Gasteiger charge is 2.30. The van der Waals surface area contributed by atoms with Gasteiger partial charge in [0.1, 0.15) is 5.82 Å². The van der Waals surface area contributed by atoms with Crippen LogP contribution in [0.3, 0.4) is 0 Å². The Balaban J connectivity index is 2.18. The second kappa shape index (κ2) is 7.19. The predicted octanol–water partition coefficient (Wildman–Crippen LogP) is 4.12. The summed E-state index contributed by atoms with van der Waals surface area (Å²) in [6.07, 6.45) is 6.29. The summed E-state index contributed by atoms with van der Waals surface area (Å²) in [4.78, 5) is 0. The van der Waals surface area contributed by atoms with E-state index in [1.807, 2.05) is 19.9 Å². The third-order valence-corrected chi connectivity index (χ3v) is 4.42. The molecule has 1 aromatic rings. The molecule has 112 valence electrons. The summed E-state index contributed by atoms with van der Waals surface area (Å²) in [6.45, 7) is 4.61. The van der Waals surface area contributed by atoms with Crippen LogP contribution in [0.2, 0.25) is 0 Å². The van der Waals surface area contributed by atoms with Crippen LogP contribution in [0.5, 0.6) is 0 Å². The summed E-state index contributed by atoms with van der Waals surface area (Å²) in [6, 6.07) is 4.69. The molecule has 0 aromatic heterocycles. The normalized spacial score (nSPS) is 19.8. The van der Waals surface area contributed by atoms with Gasteiger partial charge in [-0.05, 0) is 55.9 Å². The largest absolute Gasteiger partial charge is 0.376 e. The first-order valence-corrected chi connectivity index (χ1v) is 7.76. The van der Waals surface area contributed by atoms with E-state index in [9.17, 15) is 4.39 Å². The van der Waals surface area contributed by atoms with Crippen LogP contribution in [0.25, 0.3) is 0 Å². The fourth-order valence-electron chi connectivity index (χ4n) is 3.38. The van der Waals surface area contributed by atoms with E-state index in [0.717, 1.165) is 11.1 Å². The van der Waals surface area contributed by atoms with Crippen molar-refractivity contribution >= 4 is 0 Å². The molecular weight excluding hydrogens is 253 g/mol. The lowest BCUT2D eigenvalue weighted by Gasteiger charge is -2.34. The van der Waals surface area contributed by atoms with Crippen molar-refractivity contribution < 1.29 is 9.13 Å². The molecule has 1 aliphatic carbocycles. The van der Waals surface area contributed by atoms with E-state index in [-0.39, 0.29) is 18.0 Å². The molecule has 0 radical (unpaired) electrons. The van der Waals surface area contributed by atoms with Gasteiger partial charge in [0.05, 0.1) is 12.1 Å². The van der Waals surface area contributed by atoms with Gasteiger partial charge < -0.3 is 10.5 Å². The average Bonchev–Trinajstić information content (AvgIpc) is 2.45. The van der Waals surface area contributed by atoms with E-state index in [2.05, 4.69) is 0 Å². The van der Waals surface area contributed by atoms with Gasteiger partial charge >= 0.3 is 0 Å². The molecule has 0 amide bonds. The molecule has 1 aromatic carbocycles. The molecule has 2 unspecified atom stereocenters. The third kappa shape index (κ3) is 3.58. The Bertz CT molecular complexity index is 429. The number of aryl methyl sites for hydroxylation is 1. The van der Waals surface area contributed by atoms with Crippen molar-refractivity contribution in [2.75, 3.05) is 6.61 Å². The Labute approximate surface area is 121 Å². The molecule has 2 atom stereocenters. The van der Waals surface area contributed by atoms with Crippen LogP contribution in [0.4, 0.5) is 4.39 Å². The van der Waals surface area contributed by atoms with Crippen molar-refractivity contribution in [3.8, 4) is 0 Å². The van der Waals surface area contributed by atoms with Crippen molar-refractivity contribution in [3.63, 3.8) is 0 Å². The fraction of sp³-hybridized carbons (Fsp3) is 0.647. The SMILES string of the molecule is CCOC(C1CCCCC1)C(N)c1ccc(F)cc1C. The van der Waals surface area contributed by atoms with E-state index in [0.29, 0.717) is 12.5 Å². The molecule has 2 rings (SSSR count). The highest BCUT2D eigenvalue weighted by atomic mass is 19.1. The zero-order valence-electron chi connectivity index (χ0n) is 12.6. The molecule has 0 spiro atoms. The van der Waals surface area contributed by atoms with Gasteiger partial charge in [-0.2, -0.15) is 0 Å². The standard InChI is InChI=1S/C17H26FNO/c1-3-20-17(13-7-5-4-6-8-13)16(19)15-10-9-14(18)11-12(15)2/h9-11,13,16-17H,3-8,19H2,1-2H3. The van der Waals surface area contributed by atoms with Crippen molar-refractivity contribution in [2.45, 2.75) is 58.1 Å². The molecule has 2 nitrogen and oxygen atoms in total. The number of ether oxygens (including phenoxy) is 1. The van der Waals surface area contributed by atoms with Gasteiger partial charge in [0.25, 0.3) is 0 Å². The molecule has 2 N–H and O–H groups in total. The summed E-state index contributed by atoms with van der Waals surface area (Å²) < 4.78 is 19.2. The second-order valence-corrected chi connectivity index (χ2v) is 5.84. The molecular formula is C17H26FNO. The van der Waals surface area contributed by atoms with Crippen LogP contribution in [-0.2, 0) is 4.74 Å². The van der Waals surface area contributed by atoms with Crippen molar-refractivity contribution in [1.82, 2.24) is 0 Å².